The lowest BCUT2D eigenvalue weighted by Crippen LogP contribution is -1.36. The Morgan fingerprint density at radius 3 is 1.50 bits per heavy atom. The summed E-state index contributed by atoms with van der Waals surface area (Å²) in [6, 6.07) is 0. The molecule has 0 aromatic rings. The van der Waals surface area contributed by atoms with Crippen LogP contribution in [0.15, 0.2) is 38.0 Å². The number of rotatable bonds is 2. The second kappa shape index (κ2) is 16.3. The van der Waals surface area contributed by atoms with Crippen LogP contribution in [0.2, 0.25) is 0 Å². The lowest BCUT2D eigenvalue weighted by molar-refractivity contribution is 1.23. The highest BCUT2D eigenvalue weighted by molar-refractivity contribution is 4.88. The van der Waals surface area contributed by atoms with E-state index in [0.717, 1.165) is 6.42 Å². The van der Waals surface area contributed by atoms with Gasteiger partial charge in [0.25, 0.3) is 0 Å². The van der Waals surface area contributed by atoms with Gasteiger partial charge < -0.3 is 0 Å². The highest BCUT2D eigenvalue weighted by Gasteiger charge is 1.45. The van der Waals surface area contributed by atoms with Crippen LogP contribution in [0, 0.1) is 0 Å². The molecule has 0 bridgehead atoms. The van der Waals surface area contributed by atoms with Gasteiger partial charge in [-0.2, -0.15) is 0 Å². The van der Waals surface area contributed by atoms with Gasteiger partial charge in [0.1, 0.15) is 0 Å². The van der Waals surface area contributed by atoms with Crippen molar-refractivity contribution in [3.8, 4) is 0 Å². The van der Waals surface area contributed by atoms with Crippen molar-refractivity contribution in [3.05, 3.63) is 38.0 Å². The van der Waals surface area contributed by atoms with Crippen molar-refractivity contribution in [2.45, 2.75) is 13.3 Å². The first-order chi connectivity index (χ1) is 3.83. The first-order valence-corrected chi connectivity index (χ1v) is 2.67. The van der Waals surface area contributed by atoms with Crippen molar-refractivity contribution < 1.29 is 1.43 Å². The van der Waals surface area contributed by atoms with Gasteiger partial charge >= 0.3 is 0 Å². The summed E-state index contributed by atoms with van der Waals surface area (Å²) in [4.78, 5) is 0. The molecule has 0 heteroatoms. The normalized spacial score (nSPS) is 5.62. The fourth-order valence-corrected chi connectivity index (χ4v) is 0. The molecule has 0 amide bonds. The number of hydrogen-bond donors (Lipinski definition) is 0. The van der Waals surface area contributed by atoms with Crippen LogP contribution < -0.4 is 0 Å². The molecule has 0 fully saturated rings. The summed E-state index contributed by atoms with van der Waals surface area (Å²) >= 11 is 0. The van der Waals surface area contributed by atoms with E-state index in [1.54, 1.807) is 12.2 Å². The van der Waals surface area contributed by atoms with E-state index in [1.165, 1.54) is 0 Å². The van der Waals surface area contributed by atoms with E-state index >= 15 is 0 Å². The van der Waals surface area contributed by atoms with E-state index in [1.807, 2.05) is 6.08 Å². The molecule has 0 aromatic carbocycles. The maximum atomic E-state index is 3.48. The SMILES string of the molecule is C=CC=C.C=CCC.[HH]. The van der Waals surface area contributed by atoms with Gasteiger partial charge in [-0.1, -0.05) is 38.3 Å². The average molecular weight is 112 g/mol. The van der Waals surface area contributed by atoms with Gasteiger partial charge in [0, 0.05) is 1.43 Å². The van der Waals surface area contributed by atoms with Crippen LogP contribution in [0.25, 0.3) is 0 Å². The Balaban J connectivity index is -0.0000000720. The first kappa shape index (κ1) is 10.3. The molecular formula is C8H16. The van der Waals surface area contributed by atoms with Gasteiger partial charge in [-0.25, -0.2) is 0 Å². The summed E-state index contributed by atoms with van der Waals surface area (Å²) in [5.74, 6) is 0. The summed E-state index contributed by atoms with van der Waals surface area (Å²) in [6.45, 7) is 12.3. The first-order valence-electron chi connectivity index (χ1n) is 2.67. The summed E-state index contributed by atoms with van der Waals surface area (Å²) in [7, 11) is 0. The van der Waals surface area contributed by atoms with Crippen molar-refractivity contribution in [2.75, 3.05) is 0 Å². The van der Waals surface area contributed by atoms with Gasteiger partial charge in [0.15, 0.2) is 0 Å². The zero-order valence-corrected chi connectivity index (χ0v) is 5.56. The fourth-order valence-electron chi connectivity index (χ4n) is 0. The number of hydrogen-bond acceptors (Lipinski definition) is 0. The van der Waals surface area contributed by atoms with Crippen LogP contribution in [-0.4, -0.2) is 0 Å². The van der Waals surface area contributed by atoms with Crippen LogP contribution in [-0.2, 0) is 0 Å². The van der Waals surface area contributed by atoms with Crippen LogP contribution in [0.5, 0.6) is 0 Å². The lowest BCUT2D eigenvalue weighted by atomic mass is 10.5. The Labute approximate surface area is 53.7 Å². The Morgan fingerprint density at radius 2 is 1.50 bits per heavy atom. The Morgan fingerprint density at radius 1 is 1.25 bits per heavy atom. The minimum atomic E-state index is 0. The van der Waals surface area contributed by atoms with E-state index < -0.39 is 0 Å². The predicted molar refractivity (Wildman–Crippen MR) is 43.0 cm³/mol. The molecule has 0 unspecified atom stereocenters. The summed E-state index contributed by atoms with van der Waals surface area (Å²) in [5, 5.41) is 0. The highest BCUT2D eigenvalue weighted by Crippen LogP contribution is 1.66. The molecule has 0 radical (unpaired) electrons. The highest BCUT2D eigenvalue weighted by atomic mass is 13.5. The second-order valence-electron chi connectivity index (χ2n) is 1.17. The number of allylic oxidation sites excluding steroid dienone is 3. The molecular weight excluding hydrogens is 96.1 g/mol. The van der Waals surface area contributed by atoms with Crippen molar-refractivity contribution in [2.24, 2.45) is 0 Å². The lowest BCUT2D eigenvalue weighted by Gasteiger charge is -1.57. The zero-order valence-electron chi connectivity index (χ0n) is 5.56. The maximum absolute atomic E-state index is 3.48. The Kier molecular flexibility index (Phi) is 20.9. The van der Waals surface area contributed by atoms with Crippen LogP contribution >= 0.6 is 0 Å². The molecule has 0 heterocycles. The molecule has 0 saturated heterocycles. The summed E-state index contributed by atoms with van der Waals surface area (Å²) < 4.78 is 0. The summed E-state index contributed by atoms with van der Waals surface area (Å²) in [6.07, 6.45) is 6.24. The molecule has 0 spiro atoms. The van der Waals surface area contributed by atoms with E-state index in [0.29, 0.717) is 0 Å². The van der Waals surface area contributed by atoms with E-state index in [2.05, 4.69) is 26.7 Å². The van der Waals surface area contributed by atoms with Crippen molar-refractivity contribution in [3.63, 3.8) is 0 Å². The fraction of sp³-hybridized carbons (Fsp3) is 0.250. The van der Waals surface area contributed by atoms with Gasteiger partial charge in [-0.05, 0) is 6.42 Å². The van der Waals surface area contributed by atoms with Gasteiger partial charge in [-0.15, -0.1) is 6.58 Å². The molecule has 0 rings (SSSR count). The second-order valence-corrected chi connectivity index (χ2v) is 1.17. The molecule has 0 aromatic heterocycles. The van der Waals surface area contributed by atoms with E-state index in [4.69, 9.17) is 0 Å². The standard InChI is InChI=1S/C4H8.C4H6.H2/c2*1-3-4-2;/h3H,1,4H2,2H3;3-4H,1-2H2;1H. The smallest absolute Gasteiger partial charge is 0 e. The average Bonchev–Trinajstić information content (AvgIpc) is 1.88. The van der Waals surface area contributed by atoms with E-state index in [-0.39, 0.29) is 1.43 Å². The summed E-state index contributed by atoms with van der Waals surface area (Å²) in [5.41, 5.74) is 0. The van der Waals surface area contributed by atoms with Crippen molar-refractivity contribution >= 4 is 0 Å². The molecule has 0 nitrogen and oxygen atoms in total. The monoisotopic (exact) mass is 112 g/mol. The molecule has 0 aliphatic carbocycles. The predicted octanol–water partition coefficient (Wildman–Crippen LogP) is 3.19. The Bertz CT molecular complexity index is 59.0. The largest absolute Gasteiger partial charge is 0.103 e. The Hall–Kier alpha value is -0.780. The van der Waals surface area contributed by atoms with Gasteiger partial charge in [-0.3, -0.25) is 0 Å². The van der Waals surface area contributed by atoms with Crippen LogP contribution in [0.3, 0.4) is 0 Å². The molecule has 0 N–H and O–H groups in total. The maximum Gasteiger partial charge on any atom is 0 e. The van der Waals surface area contributed by atoms with Gasteiger partial charge in [0.2, 0.25) is 0 Å². The minimum absolute atomic E-state index is 0. The molecule has 0 saturated carbocycles. The third-order valence-electron chi connectivity index (χ3n) is 0.455. The van der Waals surface area contributed by atoms with Crippen molar-refractivity contribution in [1.82, 2.24) is 0 Å². The van der Waals surface area contributed by atoms with E-state index in [9.17, 15) is 0 Å². The molecule has 0 atom stereocenters. The third kappa shape index (κ3) is 62.5. The molecule has 0 aliphatic heterocycles. The topological polar surface area (TPSA) is 0 Å². The zero-order chi connectivity index (χ0) is 6.83. The van der Waals surface area contributed by atoms with Crippen LogP contribution in [0.1, 0.15) is 14.8 Å². The molecule has 8 heavy (non-hydrogen) atoms. The third-order valence-corrected chi connectivity index (χ3v) is 0.455. The van der Waals surface area contributed by atoms with Crippen molar-refractivity contribution in [1.29, 1.82) is 0 Å². The quantitative estimate of drug-likeness (QED) is 0.380. The van der Waals surface area contributed by atoms with Gasteiger partial charge in [0.05, 0.1) is 0 Å². The molecule has 48 valence electrons. The molecule has 0 aliphatic rings. The minimum Gasteiger partial charge on any atom is -0.103 e. The van der Waals surface area contributed by atoms with Crippen LogP contribution in [0.4, 0.5) is 0 Å².